The van der Waals surface area contributed by atoms with Gasteiger partial charge in [-0.2, -0.15) is 0 Å². The lowest BCUT2D eigenvalue weighted by molar-refractivity contribution is 0.414. The Bertz CT molecular complexity index is 909. The van der Waals surface area contributed by atoms with Crippen molar-refractivity contribution in [1.82, 2.24) is 0 Å². The van der Waals surface area contributed by atoms with Crippen LogP contribution in [-0.4, -0.2) is 7.11 Å². The van der Waals surface area contributed by atoms with Gasteiger partial charge < -0.3 is 4.74 Å². The molecule has 1 aliphatic rings. The number of benzene rings is 3. The zero-order valence-corrected chi connectivity index (χ0v) is 13.0. The van der Waals surface area contributed by atoms with Crippen LogP contribution < -0.4 is 4.74 Å². The van der Waals surface area contributed by atoms with Crippen LogP contribution in [0.4, 0.5) is 0 Å². The van der Waals surface area contributed by atoms with Crippen molar-refractivity contribution in [3.63, 3.8) is 0 Å². The summed E-state index contributed by atoms with van der Waals surface area (Å²) in [6.45, 7) is 0. The molecule has 1 nitrogen and oxygen atoms in total. The minimum Gasteiger partial charge on any atom is -0.496 e. The molecule has 0 heterocycles. The fraction of sp³-hybridized carbons (Fsp3) is 0.100. The number of ether oxygens (including phenoxy) is 1. The summed E-state index contributed by atoms with van der Waals surface area (Å²) in [5.41, 5.74) is 4.93. The number of hydrogen-bond acceptors (Lipinski definition) is 1. The lowest BCUT2D eigenvalue weighted by atomic mass is 9.93. The molecule has 0 bridgehead atoms. The maximum atomic E-state index is 6.12. The van der Waals surface area contributed by atoms with Gasteiger partial charge in [-0.15, -0.1) is 0 Å². The summed E-state index contributed by atoms with van der Waals surface area (Å²) in [5, 5.41) is 3.23. The third kappa shape index (κ3) is 2.01. The molecule has 0 aliphatic heterocycles. The van der Waals surface area contributed by atoms with Gasteiger partial charge >= 0.3 is 0 Å². The van der Waals surface area contributed by atoms with Crippen LogP contribution in [0.25, 0.3) is 16.3 Å². The molecule has 0 aromatic heterocycles. The van der Waals surface area contributed by atoms with Crippen molar-refractivity contribution in [2.24, 2.45) is 0 Å². The Hall–Kier alpha value is -2.25. The van der Waals surface area contributed by atoms with Gasteiger partial charge in [0.05, 0.1) is 7.11 Å². The van der Waals surface area contributed by atoms with Crippen LogP contribution in [0.15, 0.2) is 60.7 Å². The van der Waals surface area contributed by atoms with Gasteiger partial charge in [-0.25, -0.2) is 0 Å². The molecule has 0 radical (unpaired) electrons. The molecule has 22 heavy (non-hydrogen) atoms. The van der Waals surface area contributed by atoms with E-state index in [4.69, 9.17) is 16.3 Å². The summed E-state index contributed by atoms with van der Waals surface area (Å²) in [6.07, 6.45) is 3.18. The molecule has 0 unspecified atom stereocenters. The van der Waals surface area contributed by atoms with E-state index in [1.165, 1.54) is 33.0 Å². The van der Waals surface area contributed by atoms with E-state index in [1.54, 1.807) is 7.11 Å². The summed E-state index contributed by atoms with van der Waals surface area (Å²) in [4.78, 5) is 0. The number of allylic oxidation sites excluding steroid dienone is 1. The highest BCUT2D eigenvalue weighted by Crippen LogP contribution is 2.41. The first-order valence-corrected chi connectivity index (χ1v) is 7.71. The van der Waals surface area contributed by atoms with Crippen molar-refractivity contribution < 1.29 is 4.74 Å². The Balaban J connectivity index is 2.00. The molecule has 3 aromatic carbocycles. The second-order valence-electron chi connectivity index (χ2n) is 5.49. The smallest absolute Gasteiger partial charge is 0.127 e. The molecule has 108 valence electrons. The molecule has 0 saturated carbocycles. The predicted molar refractivity (Wildman–Crippen MR) is 92.7 cm³/mol. The fourth-order valence-electron chi connectivity index (χ4n) is 3.25. The van der Waals surface area contributed by atoms with E-state index in [0.717, 1.165) is 17.2 Å². The third-order valence-electron chi connectivity index (χ3n) is 4.26. The zero-order valence-electron chi connectivity index (χ0n) is 12.3. The number of methoxy groups -OCH3 is 1. The lowest BCUT2D eigenvalue weighted by Crippen LogP contribution is -1.94. The van der Waals surface area contributed by atoms with E-state index in [9.17, 15) is 0 Å². The van der Waals surface area contributed by atoms with E-state index >= 15 is 0 Å². The van der Waals surface area contributed by atoms with Gasteiger partial charge in [0, 0.05) is 10.6 Å². The van der Waals surface area contributed by atoms with Crippen molar-refractivity contribution in [3.05, 3.63) is 82.4 Å². The maximum absolute atomic E-state index is 6.12. The SMILES string of the molecule is COc1ccc2ccccc2c1C1=CCc2cc(Cl)ccc21. The van der Waals surface area contributed by atoms with Gasteiger partial charge in [0.25, 0.3) is 0 Å². The first kappa shape index (κ1) is 13.4. The molecule has 4 rings (SSSR count). The fourth-order valence-corrected chi connectivity index (χ4v) is 3.45. The average Bonchev–Trinajstić information content (AvgIpc) is 2.96. The minimum absolute atomic E-state index is 0.790. The minimum atomic E-state index is 0.790. The van der Waals surface area contributed by atoms with Crippen molar-refractivity contribution in [1.29, 1.82) is 0 Å². The van der Waals surface area contributed by atoms with Gasteiger partial charge in [-0.05, 0) is 52.1 Å². The molecular formula is C20H15ClO. The Morgan fingerprint density at radius 1 is 1.00 bits per heavy atom. The monoisotopic (exact) mass is 306 g/mol. The normalized spacial score (nSPS) is 13.1. The van der Waals surface area contributed by atoms with Crippen LogP contribution in [0.3, 0.4) is 0 Å². The first-order chi connectivity index (χ1) is 10.8. The van der Waals surface area contributed by atoms with Crippen LogP contribution >= 0.6 is 11.6 Å². The first-order valence-electron chi connectivity index (χ1n) is 7.33. The Labute approximate surface area is 134 Å². The number of rotatable bonds is 2. The van der Waals surface area contributed by atoms with Gasteiger partial charge in [-0.3, -0.25) is 0 Å². The molecule has 0 amide bonds. The summed E-state index contributed by atoms with van der Waals surface area (Å²) in [6, 6.07) is 18.7. The van der Waals surface area contributed by atoms with Crippen LogP contribution in [-0.2, 0) is 6.42 Å². The molecular weight excluding hydrogens is 292 g/mol. The van der Waals surface area contributed by atoms with E-state index in [2.05, 4.69) is 48.5 Å². The highest BCUT2D eigenvalue weighted by molar-refractivity contribution is 6.30. The summed E-state index contributed by atoms with van der Waals surface area (Å²) < 4.78 is 5.64. The Morgan fingerprint density at radius 3 is 2.73 bits per heavy atom. The highest BCUT2D eigenvalue weighted by atomic mass is 35.5. The molecule has 0 N–H and O–H groups in total. The molecule has 2 heteroatoms. The summed E-state index contributed by atoms with van der Waals surface area (Å²) in [5.74, 6) is 0.910. The second kappa shape index (κ2) is 5.19. The number of halogens is 1. The summed E-state index contributed by atoms with van der Waals surface area (Å²) in [7, 11) is 1.73. The van der Waals surface area contributed by atoms with Gasteiger partial charge in [0.2, 0.25) is 0 Å². The number of fused-ring (bicyclic) bond motifs is 2. The van der Waals surface area contributed by atoms with Gasteiger partial charge in [0.15, 0.2) is 0 Å². The number of hydrogen-bond donors (Lipinski definition) is 0. The largest absolute Gasteiger partial charge is 0.496 e. The molecule has 0 fully saturated rings. The zero-order chi connectivity index (χ0) is 15.1. The Morgan fingerprint density at radius 2 is 1.86 bits per heavy atom. The van der Waals surface area contributed by atoms with Crippen molar-refractivity contribution in [2.45, 2.75) is 6.42 Å². The van der Waals surface area contributed by atoms with Gasteiger partial charge in [-0.1, -0.05) is 54.1 Å². The lowest BCUT2D eigenvalue weighted by Gasteiger charge is -2.14. The van der Waals surface area contributed by atoms with E-state index < -0.39 is 0 Å². The van der Waals surface area contributed by atoms with E-state index in [1.807, 2.05) is 12.1 Å². The van der Waals surface area contributed by atoms with Crippen LogP contribution in [0.5, 0.6) is 5.75 Å². The standard InChI is InChI=1S/C20H15ClO/c1-22-19-11-7-13-4-2-3-5-17(13)20(19)18-9-6-14-12-15(21)8-10-16(14)18/h2-5,7-12H,6H2,1H3. The topological polar surface area (TPSA) is 9.23 Å². The molecule has 0 atom stereocenters. The van der Waals surface area contributed by atoms with Crippen LogP contribution in [0, 0.1) is 0 Å². The average molecular weight is 307 g/mol. The van der Waals surface area contributed by atoms with Crippen molar-refractivity contribution in [3.8, 4) is 5.75 Å². The van der Waals surface area contributed by atoms with Crippen molar-refractivity contribution >= 4 is 27.9 Å². The highest BCUT2D eigenvalue weighted by Gasteiger charge is 2.20. The summed E-state index contributed by atoms with van der Waals surface area (Å²) >= 11 is 6.12. The van der Waals surface area contributed by atoms with Crippen molar-refractivity contribution in [2.75, 3.05) is 7.11 Å². The molecule has 3 aromatic rings. The van der Waals surface area contributed by atoms with Crippen LogP contribution in [0.1, 0.15) is 16.7 Å². The van der Waals surface area contributed by atoms with Gasteiger partial charge in [0.1, 0.15) is 5.75 Å². The third-order valence-corrected chi connectivity index (χ3v) is 4.50. The second-order valence-corrected chi connectivity index (χ2v) is 5.92. The van der Waals surface area contributed by atoms with E-state index in [0.29, 0.717) is 0 Å². The molecule has 0 spiro atoms. The predicted octanol–water partition coefficient (Wildman–Crippen LogP) is 5.49. The maximum Gasteiger partial charge on any atom is 0.127 e. The quantitative estimate of drug-likeness (QED) is 0.608. The van der Waals surface area contributed by atoms with E-state index in [-0.39, 0.29) is 0 Å². The Kier molecular flexibility index (Phi) is 3.16. The van der Waals surface area contributed by atoms with Crippen LogP contribution in [0.2, 0.25) is 5.02 Å². The molecule has 1 aliphatic carbocycles. The molecule has 0 saturated heterocycles.